The molecular weight excluding hydrogens is 308 g/mol. The highest BCUT2D eigenvalue weighted by molar-refractivity contribution is 5.86. The molecule has 1 heterocycles. The van der Waals surface area contributed by atoms with Crippen molar-refractivity contribution in [2.75, 3.05) is 14.2 Å². The summed E-state index contributed by atoms with van der Waals surface area (Å²) >= 11 is 0. The fourth-order valence-corrected chi connectivity index (χ4v) is 2.64. The van der Waals surface area contributed by atoms with E-state index >= 15 is 0 Å². The second kappa shape index (κ2) is 6.54. The van der Waals surface area contributed by atoms with Crippen LogP contribution in [0.25, 0.3) is 10.9 Å². The van der Waals surface area contributed by atoms with Crippen molar-refractivity contribution in [3.8, 4) is 11.5 Å². The Morgan fingerprint density at radius 2 is 1.71 bits per heavy atom. The van der Waals surface area contributed by atoms with Crippen LogP contribution in [0.5, 0.6) is 11.5 Å². The van der Waals surface area contributed by atoms with Crippen LogP contribution in [-0.2, 0) is 6.42 Å². The Bertz CT molecular complexity index is 891. The summed E-state index contributed by atoms with van der Waals surface area (Å²) in [6, 6.07) is 12.3. The first kappa shape index (κ1) is 15.7. The summed E-state index contributed by atoms with van der Waals surface area (Å²) in [5.41, 5.74) is 2.95. The molecule has 6 heteroatoms. The lowest BCUT2D eigenvalue weighted by Crippen LogP contribution is -1.95. The third kappa shape index (κ3) is 2.99. The molecule has 0 amide bonds. The van der Waals surface area contributed by atoms with Gasteiger partial charge in [0.05, 0.1) is 24.7 Å². The number of nitro groups is 1. The minimum absolute atomic E-state index is 0.0877. The summed E-state index contributed by atoms with van der Waals surface area (Å²) in [5, 5.41) is 11.7. The predicted octanol–water partition coefficient (Wildman–Crippen LogP) is 3.75. The molecule has 0 fully saturated rings. The van der Waals surface area contributed by atoms with Crippen LogP contribution in [-0.4, -0.2) is 24.1 Å². The molecule has 2 aromatic carbocycles. The molecule has 0 aliphatic rings. The molecule has 122 valence electrons. The average Bonchev–Trinajstić information content (AvgIpc) is 2.61. The zero-order chi connectivity index (χ0) is 17.1. The summed E-state index contributed by atoms with van der Waals surface area (Å²) in [5.74, 6) is 1.27. The van der Waals surface area contributed by atoms with Crippen molar-refractivity contribution in [3.05, 3.63) is 69.9 Å². The standard InChI is InChI=1S/C18H16N2O4/c1-23-17-10-15-13(7-8-19-16(15)11-18(17)24-2)9-12-3-5-14(6-4-12)20(21)22/h3-8,10-11H,9H2,1-2H3. The Balaban J connectivity index is 2.01. The van der Waals surface area contributed by atoms with E-state index in [2.05, 4.69) is 4.98 Å². The van der Waals surface area contributed by atoms with Gasteiger partial charge in [0.25, 0.3) is 5.69 Å². The molecule has 0 N–H and O–H groups in total. The fourth-order valence-electron chi connectivity index (χ4n) is 2.64. The van der Waals surface area contributed by atoms with Crippen LogP contribution in [0.2, 0.25) is 0 Å². The van der Waals surface area contributed by atoms with E-state index in [1.165, 1.54) is 12.1 Å². The molecule has 0 saturated carbocycles. The second-order valence-corrected chi connectivity index (χ2v) is 5.29. The summed E-state index contributed by atoms with van der Waals surface area (Å²) in [7, 11) is 3.18. The first-order valence-corrected chi connectivity index (χ1v) is 7.35. The van der Waals surface area contributed by atoms with Crippen LogP contribution in [0.4, 0.5) is 5.69 Å². The minimum atomic E-state index is -0.400. The van der Waals surface area contributed by atoms with Crippen molar-refractivity contribution in [3.63, 3.8) is 0 Å². The molecule has 0 atom stereocenters. The maximum absolute atomic E-state index is 10.7. The van der Waals surface area contributed by atoms with Crippen LogP contribution in [0, 0.1) is 10.1 Å². The predicted molar refractivity (Wildman–Crippen MR) is 90.7 cm³/mol. The fraction of sp³-hybridized carbons (Fsp3) is 0.167. The Labute approximate surface area is 138 Å². The van der Waals surface area contributed by atoms with Crippen LogP contribution in [0.1, 0.15) is 11.1 Å². The van der Waals surface area contributed by atoms with Gasteiger partial charge in [-0.3, -0.25) is 15.1 Å². The Morgan fingerprint density at radius 3 is 2.33 bits per heavy atom. The molecular formula is C18H16N2O4. The van der Waals surface area contributed by atoms with Gasteiger partial charge in [0.15, 0.2) is 11.5 Å². The normalized spacial score (nSPS) is 10.6. The van der Waals surface area contributed by atoms with Gasteiger partial charge in [0.1, 0.15) is 0 Å². The van der Waals surface area contributed by atoms with E-state index in [0.717, 1.165) is 22.0 Å². The molecule has 0 aliphatic heterocycles. The maximum atomic E-state index is 10.7. The van der Waals surface area contributed by atoms with Crippen molar-refractivity contribution >= 4 is 16.6 Å². The largest absolute Gasteiger partial charge is 0.493 e. The molecule has 0 bridgehead atoms. The highest BCUT2D eigenvalue weighted by Gasteiger charge is 2.11. The van der Waals surface area contributed by atoms with Crippen LogP contribution in [0.3, 0.4) is 0 Å². The number of rotatable bonds is 5. The van der Waals surface area contributed by atoms with Gasteiger partial charge >= 0.3 is 0 Å². The van der Waals surface area contributed by atoms with E-state index in [0.29, 0.717) is 17.9 Å². The molecule has 0 spiro atoms. The SMILES string of the molecule is COc1cc2nccc(Cc3ccc([N+](=O)[O-])cc3)c2cc1OC. The first-order chi connectivity index (χ1) is 11.6. The Kier molecular flexibility index (Phi) is 4.29. The van der Waals surface area contributed by atoms with Gasteiger partial charge < -0.3 is 9.47 Å². The maximum Gasteiger partial charge on any atom is 0.269 e. The molecule has 0 aliphatic carbocycles. The highest BCUT2D eigenvalue weighted by atomic mass is 16.6. The summed E-state index contributed by atoms with van der Waals surface area (Å²) in [6.45, 7) is 0. The van der Waals surface area contributed by atoms with E-state index < -0.39 is 4.92 Å². The lowest BCUT2D eigenvalue weighted by atomic mass is 10.0. The second-order valence-electron chi connectivity index (χ2n) is 5.29. The zero-order valence-electron chi connectivity index (χ0n) is 13.4. The summed E-state index contributed by atoms with van der Waals surface area (Å²) in [6.07, 6.45) is 2.39. The van der Waals surface area contributed by atoms with E-state index in [4.69, 9.17) is 9.47 Å². The third-order valence-corrected chi connectivity index (χ3v) is 3.88. The van der Waals surface area contributed by atoms with Crippen LogP contribution in [0.15, 0.2) is 48.7 Å². The molecule has 24 heavy (non-hydrogen) atoms. The van der Waals surface area contributed by atoms with Crippen LogP contribution >= 0.6 is 0 Å². The van der Waals surface area contributed by atoms with E-state index in [9.17, 15) is 10.1 Å². The van der Waals surface area contributed by atoms with Gasteiger partial charge in [-0.1, -0.05) is 12.1 Å². The van der Waals surface area contributed by atoms with Gasteiger partial charge in [0, 0.05) is 29.8 Å². The van der Waals surface area contributed by atoms with Gasteiger partial charge in [0.2, 0.25) is 0 Å². The number of pyridine rings is 1. The van der Waals surface area contributed by atoms with Gasteiger partial charge in [-0.2, -0.15) is 0 Å². The molecule has 3 rings (SSSR count). The lowest BCUT2D eigenvalue weighted by Gasteiger charge is -2.11. The minimum Gasteiger partial charge on any atom is -0.493 e. The number of non-ortho nitro benzene ring substituents is 1. The van der Waals surface area contributed by atoms with Gasteiger partial charge in [-0.15, -0.1) is 0 Å². The van der Waals surface area contributed by atoms with Crippen molar-refractivity contribution in [1.29, 1.82) is 0 Å². The third-order valence-electron chi connectivity index (χ3n) is 3.88. The van der Waals surface area contributed by atoms with E-state index in [1.807, 2.05) is 18.2 Å². The number of nitro benzene ring substituents is 1. The number of fused-ring (bicyclic) bond motifs is 1. The first-order valence-electron chi connectivity index (χ1n) is 7.35. The van der Waals surface area contributed by atoms with Crippen molar-refractivity contribution in [1.82, 2.24) is 4.98 Å². The van der Waals surface area contributed by atoms with Gasteiger partial charge in [-0.05, 0) is 29.7 Å². The topological polar surface area (TPSA) is 74.5 Å². The number of nitrogens with zero attached hydrogens (tertiary/aromatic N) is 2. The number of hydrogen-bond acceptors (Lipinski definition) is 5. The number of ether oxygens (including phenoxy) is 2. The molecule has 0 unspecified atom stereocenters. The molecule has 3 aromatic rings. The summed E-state index contributed by atoms with van der Waals surface area (Å²) in [4.78, 5) is 14.7. The number of hydrogen-bond donors (Lipinski definition) is 0. The lowest BCUT2D eigenvalue weighted by molar-refractivity contribution is -0.384. The quantitative estimate of drug-likeness (QED) is 0.528. The molecule has 1 aromatic heterocycles. The Morgan fingerprint density at radius 1 is 1.04 bits per heavy atom. The van der Waals surface area contributed by atoms with Crippen molar-refractivity contribution in [2.24, 2.45) is 0 Å². The Hall–Kier alpha value is -3.15. The molecule has 6 nitrogen and oxygen atoms in total. The monoisotopic (exact) mass is 324 g/mol. The smallest absolute Gasteiger partial charge is 0.269 e. The van der Waals surface area contributed by atoms with Crippen molar-refractivity contribution in [2.45, 2.75) is 6.42 Å². The van der Waals surface area contributed by atoms with E-state index in [-0.39, 0.29) is 5.69 Å². The number of aromatic nitrogens is 1. The van der Waals surface area contributed by atoms with Crippen molar-refractivity contribution < 1.29 is 14.4 Å². The van der Waals surface area contributed by atoms with E-state index in [1.54, 1.807) is 32.5 Å². The zero-order valence-corrected chi connectivity index (χ0v) is 13.4. The number of methoxy groups -OCH3 is 2. The summed E-state index contributed by atoms with van der Waals surface area (Å²) < 4.78 is 10.7. The highest BCUT2D eigenvalue weighted by Crippen LogP contribution is 2.33. The van der Waals surface area contributed by atoms with Crippen LogP contribution < -0.4 is 9.47 Å². The average molecular weight is 324 g/mol. The molecule has 0 radical (unpaired) electrons. The van der Waals surface area contributed by atoms with Gasteiger partial charge in [-0.25, -0.2) is 0 Å². The number of benzene rings is 2. The molecule has 0 saturated heterocycles.